The van der Waals surface area contributed by atoms with Gasteiger partial charge in [-0.1, -0.05) is 18.2 Å². The van der Waals surface area contributed by atoms with Gasteiger partial charge in [0.05, 0.1) is 4.90 Å². The van der Waals surface area contributed by atoms with Crippen LogP contribution < -0.4 is 0 Å². The fraction of sp³-hybridized carbons (Fsp3) is 0.143. The Bertz CT molecular complexity index is 300. The van der Waals surface area contributed by atoms with E-state index in [0.29, 0.717) is 4.90 Å². The van der Waals surface area contributed by atoms with Crippen molar-refractivity contribution in [1.29, 1.82) is 0 Å². The second-order valence-electron chi connectivity index (χ2n) is 2.09. The highest BCUT2D eigenvalue weighted by atomic mass is 32.2. The van der Waals surface area contributed by atoms with Gasteiger partial charge in [-0.25, -0.2) is 8.42 Å². The van der Waals surface area contributed by atoms with Gasteiger partial charge >= 0.3 is 0 Å². The lowest BCUT2D eigenvalue weighted by Gasteiger charge is -1.93. The maximum atomic E-state index is 10.8. The van der Waals surface area contributed by atoms with Crippen LogP contribution in [0, 0.1) is 0 Å². The standard InChI is InChI=1S/C7H8O2S/c1-10(8,9)7-5-3-2-4-6-7/h2-6H,1H3/i1+1. The van der Waals surface area contributed by atoms with Gasteiger partial charge in [0.2, 0.25) is 0 Å². The monoisotopic (exact) mass is 157 g/mol. The maximum absolute atomic E-state index is 10.8. The average molecular weight is 157 g/mol. The van der Waals surface area contributed by atoms with Gasteiger partial charge in [-0.3, -0.25) is 0 Å². The number of sulfone groups is 1. The molecule has 0 aromatic heterocycles. The first-order valence-electron chi connectivity index (χ1n) is 2.86. The molecule has 0 unspecified atom stereocenters. The molecule has 0 saturated carbocycles. The van der Waals surface area contributed by atoms with E-state index in [1.807, 2.05) is 0 Å². The SMILES string of the molecule is [13CH3]S(=O)(=O)c1ccccc1. The van der Waals surface area contributed by atoms with Gasteiger partial charge in [-0.05, 0) is 12.1 Å². The summed E-state index contributed by atoms with van der Waals surface area (Å²) in [4.78, 5) is 0.370. The van der Waals surface area contributed by atoms with Crippen molar-refractivity contribution in [2.45, 2.75) is 4.90 Å². The molecular weight excluding hydrogens is 149 g/mol. The fourth-order valence-corrected chi connectivity index (χ4v) is 1.32. The summed E-state index contributed by atoms with van der Waals surface area (Å²) < 4.78 is 21.7. The van der Waals surface area contributed by atoms with Crippen LogP contribution in [0.5, 0.6) is 0 Å². The molecule has 1 aromatic carbocycles. The first kappa shape index (κ1) is 7.28. The summed E-state index contributed by atoms with van der Waals surface area (Å²) in [6.45, 7) is 0. The quantitative estimate of drug-likeness (QED) is 0.572. The van der Waals surface area contributed by atoms with E-state index in [-0.39, 0.29) is 0 Å². The lowest BCUT2D eigenvalue weighted by atomic mass is 10.4. The van der Waals surface area contributed by atoms with Gasteiger partial charge in [-0.2, -0.15) is 0 Å². The number of hydrogen-bond acceptors (Lipinski definition) is 2. The van der Waals surface area contributed by atoms with Crippen molar-refractivity contribution in [3.8, 4) is 0 Å². The Morgan fingerprint density at radius 3 is 1.90 bits per heavy atom. The van der Waals surface area contributed by atoms with E-state index in [2.05, 4.69) is 0 Å². The smallest absolute Gasteiger partial charge is 0.175 e. The van der Waals surface area contributed by atoms with Gasteiger partial charge < -0.3 is 0 Å². The van der Waals surface area contributed by atoms with Gasteiger partial charge in [0.25, 0.3) is 0 Å². The highest BCUT2D eigenvalue weighted by molar-refractivity contribution is 7.90. The Labute approximate surface area is 60.4 Å². The highest BCUT2D eigenvalue weighted by Gasteiger charge is 2.02. The molecule has 0 spiro atoms. The zero-order chi connectivity index (χ0) is 7.61. The summed E-state index contributed by atoms with van der Waals surface area (Å²) in [5, 5.41) is 0. The van der Waals surface area contributed by atoms with Gasteiger partial charge in [0.1, 0.15) is 0 Å². The van der Waals surface area contributed by atoms with Gasteiger partial charge in [0, 0.05) is 6.26 Å². The summed E-state index contributed by atoms with van der Waals surface area (Å²) >= 11 is 0. The van der Waals surface area contributed by atoms with Gasteiger partial charge in [-0.15, -0.1) is 0 Å². The van der Waals surface area contributed by atoms with Crippen molar-refractivity contribution < 1.29 is 8.42 Å². The fourth-order valence-electron chi connectivity index (χ4n) is 0.668. The molecule has 0 aliphatic heterocycles. The van der Waals surface area contributed by atoms with Crippen molar-refractivity contribution in [3.63, 3.8) is 0 Å². The molecule has 1 rings (SSSR count). The zero-order valence-corrected chi connectivity index (χ0v) is 6.43. The topological polar surface area (TPSA) is 34.1 Å². The molecule has 1 aromatic rings. The van der Waals surface area contributed by atoms with Crippen LogP contribution in [0.15, 0.2) is 35.2 Å². The van der Waals surface area contributed by atoms with Crippen LogP contribution in [0.2, 0.25) is 0 Å². The van der Waals surface area contributed by atoms with Crippen LogP contribution in [0.1, 0.15) is 0 Å². The molecule has 0 heterocycles. The minimum absolute atomic E-state index is 0.370. The molecule has 54 valence electrons. The molecule has 3 heteroatoms. The molecule has 10 heavy (non-hydrogen) atoms. The number of benzene rings is 1. The maximum Gasteiger partial charge on any atom is 0.175 e. The minimum Gasteiger partial charge on any atom is -0.224 e. The second kappa shape index (κ2) is 2.42. The van der Waals surface area contributed by atoms with Crippen molar-refractivity contribution in [2.24, 2.45) is 0 Å². The summed E-state index contributed by atoms with van der Waals surface area (Å²) in [5.41, 5.74) is 0. The molecular formula is C7H8O2S. The van der Waals surface area contributed by atoms with E-state index in [4.69, 9.17) is 0 Å². The Balaban J connectivity index is 3.22. The van der Waals surface area contributed by atoms with E-state index in [0.717, 1.165) is 0 Å². The van der Waals surface area contributed by atoms with Crippen molar-refractivity contribution in [2.75, 3.05) is 6.26 Å². The molecule has 0 amide bonds. The second-order valence-corrected chi connectivity index (χ2v) is 4.10. The van der Waals surface area contributed by atoms with Crippen LogP contribution in [0.4, 0.5) is 0 Å². The lowest BCUT2D eigenvalue weighted by Crippen LogP contribution is -1.95. The Kier molecular flexibility index (Phi) is 1.76. The third-order valence-electron chi connectivity index (χ3n) is 1.17. The largest absolute Gasteiger partial charge is 0.224 e. The van der Waals surface area contributed by atoms with Gasteiger partial charge in [0.15, 0.2) is 9.84 Å². The third-order valence-corrected chi connectivity index (χ3v) is 2.30. The molecule has 0 saturated heterocycles. The highest BCUT2D eigenvalue weighted by Crippen LogP contribution is 2.05. The molecule has 0 atom stereocenters. The molecule has 0 bridgehead atoms. The molecule has 0 N–H and O–H groups in total. The Morgan fingerprint density at radius 1 is 1.10 bits per heavy atom. The van der Waals surface area contributed by atoms with Crippen molar-refractivity contribution in [1.82, 2.24) is 0 Å². The van der Waals surface area contributed by atoms with Crippen LogP contribution in [-0.2, 0) is 9.84 Å². The molecule has 0 radical (unpaired) electrons. The minimum atomic E-state index is -3.00. The first-order chi connectivity index (χ1) is 4.61. The average Bonchev–Trinajstić information content (AvgIpc) is 1.88. The summed E-state index contributed by atoms with van der Waals surface area (Å²) in [7, 11) is -3.00. The third kappa shape index (κ3) is 1.57. The van der Waals surface area contributed by atoms with E-state index in [9.17, 15) is 8.42 Å². The van der Waals surface area contributed by atoms with E-state index in [1.54, 1.807) is 30.3 Å². The summed E-state index contributed by atoms with van der Waals surface area (Å²) in [5.74, 6) is 0. The van der Waals surface area contributed by atoms with E-state index in [1.165, 1.54) is 6.26 Å². The number of hydrogen-bond donors (Lipinski definition) is 0. The lowest BCUT2D eigenvalue weighted by molar-refractivity contribution is 0.602. The number of rotatable bonds is 1. The predicted octanol–water partition coefficient (Wildman–Crippen LogP) is 1.09. The molecule has 2 nitrogen and oxygen atoms in total. The zero-order valence-electron chi connectivity index (χ0n) is 5.61. The molecule has 0 aliphatic carbocycles. The summed E-state index contributed by atoms with van der Waals surface area (Å²) in [6, 6.07) is 8.35. The van der Waals surface area contributed by atoms with Crippen LogP contribution in [0.3, 0.4) is 0 Å². The normalized spacial score (nSPS) is 11.3. The van der Waals surface area contributed by atoms with Crippen LogP contribution in [-0.4, -0.2) is 14.7 Å². The van der Waals surface area contributed by atoms with Crippen molar-refractivity contribution >= 4 is 9.84 Å². The Morgan fingerprint density at radius 2 is 1.60 bits per heavy atom. The Hall–Kier alpha value is -0.830. The predicted molar refractivity (Wildman–Crippen MR) is 39.6 cm³/mol. The van der Waals surface area contributed by atoms with Crippen LogP contribution >= 0.6 is 0 Å². The first-order valence-corrected chi connectivity index (χ1v) is 4.75. The van der Waals surface area contributed by atoms with Crippen LogP contribution in [0.25, 0.3) is 0 Å². The summed E-state index contributed by atoms with van der Waals surface area (Å²) in [6.07, 6.45) is 1.20. The van der Waals surface area contributed by atoms with Crippen molar-refractivity contribution in [3.05, 3.63) is 30.3 Å². The van der Waals surface area contributed by atoms with E-state index < -0.39 is 9.84 Å². The molecule has 0 aliphatic rings. The van der Waals surface area contributed by atoms with E-state index >= 15 is 0 Å². The molecule has 0 fully saturated rings.